The molecule has 2 aromatic carbocycles. The topological polar surface area (TPSA) is 72.2 Å². The maximum atomic E-state index is 13.4. The molecule has 0 aliphatic carbocycles. The van der Waals surface area contributed by atoms with Gasteiger partial charge in [0.15, 0.2) is 9.84 Å². The van der Waals surface area contributed by atoms with Gasteiger partial charge in [-0.05, 0) is 48.9 Å². The second-order valence-corrected chi connectivity index (χ2v) is 11.3. The van der Waals surface area contributed by atoms with E-state index in [1.165, 1.54) is 24.3 Å². The minimum Gasteiger partial charge on any atom is -0.369 e. The molecule has 0 saturated heterocycles. The van der Waals surface area contributed by atoms with E-state index in [2.05, 4.69) is 4.98 Å². The number of aryl methyl sites for hydroxylation is 1. The van der Waals surface area contributed by atoms with Crippen LogP contribution >= 0.6 is 0 Å². The van der Waals surface area contributed by atoms with Gasteiger partial charge in [-0.1, -0.05) is 24.3 Å². The average Bonchev–Trinajstić information content (AvgIpc) is 3.21. The van der Waals surface area contributed by atoms with Crippen LogP contribution in [0.2, 0.25) is 0 Å². The Bertz CT molecular complexity index is 1710. The lowest BCUT2D eigenvalue weighted by Gasteiger charge is -2.32. The number of benzene rings is 2. The molecule has 0 amide bonds. The number of fused-ring (bicyclic) bond motifs is 1. The number of alkyl halides is 9. The quantitative estimate of drug-likeness (QED) is 0.253. The van der Waals surface area contributed by atoms with Crippen molar-refractivity contribution in [3.63, 3.8) is 0 Å². The van der Waals surface area contributed by atoms with Crippen molar-refractivity contribution in [1.82, 2.24) is 9.55 Å². The largest absolute Gasteiger partial charge is 0.430 e. The zero-order valence-corrected chi connectivity index (χ0v) is 21.8. The van der Waals surface area contributed by atoms with Gasteiger partial charge in [0.2, 0.25) is 0 Å². The summed E-state index contributed by atoms with van der Waals surface area (Å²) in [6.07, 6.45) is -16.0. The van der Waals surface area contributed by atoms with E-state index in [0.717, 1.165) is 35.1 Å². The maximum absolute atomic E-state index is 13.4. The highest BCUT2D eigenvalue weighted by atomic mass is 32.2. The van der Waals surface area contributed by atoms with Crippen molar-refractivity contribution in [2.45, 2.75) is 42.6 Å². The monoisotopic (exact) mass is 610 g/mol. The van der Waals surface area contributed by atoms with Crippen LogP contribution in [0.15, 0.2) is 65.7 Å². The van der Waals surface area contributed by atoms with Crippen LogP contribution in [0.1, 0.15) is 22.4 Å². The Labute approximate surface area is 226 Å². The molecule has 5 nitrogen and oxygen atoms in total. The fourth-order valence-corrected chi connectivity index (χ4v) is 5.25. The van der Waals surface area contributed by atoms with E-state index in [9.17, 15) is 53.0 Å². The number of sulfone groups is 1. The van der Waals surface area contributed by atoms with Crippen molar-refractivity contribution >= 4 is 20.7 Å². The van der Waals surface area contributed by atoms with Gasteiger partial charge >= 0.3 is 18.5 Å². The molecule has 15 heteroatoms. The number of rotatable bonds is 5. The van der Waals surface area contributed by atoms with Gasteiger partial charge in [0.25, 0.3) is 5.60 Å². The first kappa shape index (κ1) is 30.4. The van der Waals surface area contributed by atoms with Crippen LogP contribution in [-0.4, -0.2) is 41.7 Å². The van der Waals surface area contributed by atoms with Crippen LogP contribution < -0.4 is 0 Å². The Hall–Kier alpha value is -3.59. The van der Waals surface area contributed by atoms with Crippen molar-refractivity contribution in [3.8, 4) is 11.3 Å². The summed E-state index contributed by atoms with van der Waals surface area (Å²) in [6.45, 7) is 1.32. The minimum absolute atomic E-state index is 0.0351. The summed E-state index contributed by atoms with van der Waals surface area (Å²) in [5.41, 5.74) is -6.20. The van der Waals surface area contributed by atoms with Crippen LogP contribution in [-0.2, 0) is 28.2 Å². The first-order valence-corrected chi connectivity index (χ1v) is 13.4. The zero-order chi connectivity index (χ0) is 30.8. The lowest BCUT2D eigenvalue weighted by atomic mass is 9.91. The molecule has 4 rings (SSSR count). The molecule has 0 saturated carbocycles. The van der Waals surface area contributed by atoms with Crippen LogP contribution in [0.5, 0.6) is 0 Å². The van der Waals surface area contributed by atoms with Gasteiger partial charge in [-0.15, -0.1) is 0 Å². The van der Waals surface area contributed by atoms with Crippen molar-refractivity contribution in [3.05, 3.63) is 83.0 Å². The predicted octanol–water partition coefficient (Wildman–Crippen LogP) is 6.79. The van der Waals surface area contributed by atoms with Crippen LogP contribution in [0.3, 0.4) is 0 Å². The first-order valence-electron chi connectivity index (χ1n) is 11.5. The van der Waals surface area contributed by atoms with Crippen LogP contribution in [0.25, 0.3) is 22.2 Å². The number of aromatic nitrogens is 2. The molecule has 0 unspecified atom stereocenters. The fraction of sp³-hybridized carbons (Fsp3) is 0.269. The fourth-order valence-electron chi connectivity index (χ4n) is 4.35. The molecule has 41 heavy (non-hydrogen) atoms. The lowest BCUT2D eigenvalue weighted by Crippen LogP contribution is -2.53. The van der Waals surface area contributed by atoms with Gasteiger partial charge in [-0.3, -0.25) is 4.98 Å². The van der Waals surface area contributed by atoms with Gasteiger partial charge < -0.3 is 9.67 Å². The van der Waals surface area contributed by atoms with Gasteiger partial charge in [0.05, 0.1) is 17.8 Å². The molecule has 220 valence electrons. The minimum atomic E-state index is -6.13. The molecular weight excluding hydrogens is 591 g/mol. The average molecular weight is 610 g/mol. The Morgan fingerprint density at radius 2 is 1.37 bits per heavy atom. The number of halogens is 9. The van der Waals surface area contributed by atoms with Gasteiger partial charge in [0, 0.05) is 34.0 Å². The Balaban J connectivity index is 1.78. The van der Waals surface area contributed by atoms with E-state index >= 15 is 0 Å². The zero-order valence-electron chi connectivity index (χ0n) is 20.9. The molecule has 0 spiro atoms. The van der Waals surface area contributed by atoms with Crippen molar-refractivity contribution in [2.75, 3.05) is 6.26 Å². The molecule has 0 radical (unpaired) electrons. The molecule has 0 atom stereocenters. The number of nitrogens with zero attached hydrogens (tertiary/aromatic N) is 2. The summed E-state index contributed by atoms with van der Waals surface area (Å²) in [5.74, 6) is 0. The van der Waals surface area contributed by atoms with Crippen molar-refractivity contribution in [2.24, 2.45) is 0 Å². The molecule has 1 N–H and O–H groups in total. The third-order valence-corrected chi connectivity index (χ3v) is 7.61. The van der Waals surface area contributed by atoms with E-state index in [-0.39, 0.29) is 17.4 Å². The highest BCUT2D eigenvalue weighted by molar-refractivity contribution is 7.90. The van der Waals surface area contributed by atoms with Gasteiger partial charge in [-0.2, -0.15) is 39.5 Å². The Kier molecular flexibility index (Phi) is 7.23. The summed E-state index contributed by atoms with van der Waals surface area (Å²) < 4.78 is 145. The SMILES string of the molecule is Cc1nc(-c2ccc(C(F)(F)F)cc2)ccc1Cn1c(S(C)(=O)=O)cc2cc(C(O)(C(F)(F)F)C(F)(F)F)ccc21. The summed E-state index contributed by atoms with van der Waals surface area (Å²) in [6, 6.07) is 9.83. The number of hydrogen-bond acceptors (Lipinski definition) is 4. The van der Waals surface area contributed by atoms with Gasteiger partial charge in [-0.25, -0.2) is 8.42 Å². The molecule has 0 aliphatic rings. The standard InChI is InChI=1S/C26H19F9N2O3S/c1-14-16(5-9-20(36-14)15-3-6-18(7-4-15)24(27,28)29)13-37-21-10-8-19(11-17(21)12-22(37)41(2,39)40)23(38,25(30,31)32)26(33,34)35/h3-12,38H,13H2,1-2H3. The van der Waals surface area contributed by atoms with Crippen molar-refractivity contribution in [1.29, 1.82) is 0 Å². The Morgan fingerprint density at radius 1 is 0.805 bits per heavy atom. The molecule has 2 heterocycles. The highest BCUT2D eigenvalue weighted by Crippen LogP contribution is 2.50. The third kappa shape index (κ3) is 5.52. The normalized spacial score (nSPS) is 13.7. The molecule has 2 aromatic heterocycles. The van der Waals surface area contributed by atoms with Gasteiger partial charge in [0.1, 0.15) is 5.03 Å². The number of aliphatic hydroxyl groups is 1. The van der Waals surface area contributed by atoms with E-state index < -0.39 is 50.1 Å². The number of pyridine rings is 1. The van der Waals surface area contributed by atoms with Crippen LogP contribution in [0.4, 0.5) is 39.5 Å². The second kappa shape index (κ2) is 9.76. The summed E-state index contributed by atoms with van der Waals surface area (Å²) >= 11 is 0. The predicted molar refractivity (Wildman–Crippen MR) is 130 cm³/mol. The van der Waals surface area contributed by atoms with E-state index in [0.29, 0.717) is 34.6 Å². The summed E-state index contributed by atoms with van der Waals surface area (Å²) in [4.78, 5) is 4.36. The molecule has 4 aromatic rings. The lowest BCUT2D eigenvalue weighted by molar-refractivity contribution is -0.376. The molecular formula is C26H19F9N2O3S. The second-order valence-electron chi connectivity index (χ2n) is 9.34. The highest BCUT2D eigenvalue weighted by Gasteiger charge is 2.71. The van der Waals surface area contributed by atoms with E-state index in [1.54, 1.807) is 6.92 Å². The van der Waals surface area contributed by atoms with Crippen LogP contribution in [0, 0.1) is 6.92 Å². The number of hydrogen-bond donors (Lipinski definition) is 1. The van der Waals surface area contributed by atoms with E-state index in [4.69, 9.17) is 0 Å². The van der Waals surface area contributed by atoms with Crippen molar-refractivity contribution < 1.29 is 53.0 Å². The summed E-state index contributed by atoms with van der Waals surface area (Å²) in [5, 5.41) is 9.04. The smallest absolute Gasteiger partial charge is 0.369 e. The van der Waals surface area contributed by atoms with E-state index in [1.807, 2.05) is 0 Å². The Morgan fingerprint density at radius 3 is 1.85 bits per heavy atom. The third-order valence-electron chi connectivity index (χ3n) is 6.51. The maximum Gasteiger partial charge on any atom is 0.430 e. The summed E-state index contributed by atoms with van der Waals surface area (Å²) in [7, 11) is -4.06. The first-order chi connectivity index (χ1) is 18.6. The molecule has 0 aliphatic heterocycles. The molecule has 0 fully saturated rings. The molecule has 0 bridgehead atoms.